The summed E-state index contributed by atoms with van der Waals surface area (Å²) < 4.78 is 1.95. The van der Waals surface area contributed by atoms with E-state index in [1.165, 1.54) is 11.8 Å². The first-order chi connectivity index (χ1) is 15.0. The molecule has 1 N–H and O–H groups in total. The molecule has 0 aliphatic heterocycles. The fourth-order valence-corrected chi connectivity index (χ4v) is 4.73. The number of thioether (sulfide) groups is 1. The summed E-state index contributed by atoms with van der Waals surface area (Å²) in [5, 5.41) is 14.7. The van der Waals surface area contributed by atoms with Crippen molar-refractivity contribution in [3.63, 3.8) is 0 Å². The van der Waals surface area contributed by atoms with Crippen LogP contribution in [0.25, 0.3) is 17.1 Å². The molecule has 0 bridgehead atoms. The van der Waals surface area contributed by atoms with E-state index in [0.29, 0.717) is 22.5 Å². The molecule has 0 aliphatic rings. The molecule has 4 aromatic rings. The summed E-state index contributed by atoms with van der Waals surface area (Å²) in [4.78, 5) is 17.9. The van der Waals surface area contributed by atoms with Crippen LogP contribution in [0.15, 0.2) is 65.4 Å². The van der Waals surface area contributed by atoms with Crippen molar-refractivity contribution in [2.45, 2.75) is 30.8 Å². The van der Waals surface area contributed by atoms with Gasteiger partial charge in [-0.05, 0) is 55.1 Å². The molecule has 3 heterocycles. The zero-order valence-electron chi connectivity index (χ0n) is 16.9. The number of pyridine rings is 1. The standard InChI is InChI=1S/C22H20ClN5OS2/c1-14-18(23)6-3-7-19(14)28-20(16-8-10-24-11-9-16)26-27-22(28)31-15(2)21(29)25-13-17-5-4-12-30-17/h3-12,15H,13H2,1-2H3,(H,25,29). The molecule has 0 fully saturated rings. The summed E-state index contributed by atoms with van der Waals surface area (Å²) in [5.74, 6) is 0.614. The number of carbonyl (C=O) groups excluding carboxylic acids is 1. The number of aromatic nitrogens is 4. The van der Waals surface area contributed by atoms with Gasteiger partial charge in [0.2, 0.25) is 5.91 Å². The van der Waals surface area contributed by atoms with Crippen LogP contribution in [0.3, 0.4) is 0 Å². The van der Waals surface area contributed by atoms with Gasteiger partial charge in [0, 0.05) is 27.9 Å². The van der Waals surface area contributed by atoms with Crippen molar-refractivity contribution in [2.24, 2.45) is 0 Å². The number of rotatable bonds is 7. The first kappa shape index (κ1) is 21.5. The van der Waals surface area contributed by atoms with Gasteiger partial charge in [0.25, 0.3) is 0 Å². The Bertz CT molecular complexity index is 1180. The number of nitrogens with one attached hydrogen (secondary N) is 1. The Morgan fingerprint density at radius 2 is 2.00 bits per heavy atom. The van der Waals surface area contributed by atoms with Gasteiger partial charge in [-0.1, -0.05) is 35.5 Å². The quantitative estimate of drug-likeness (QED) is 0.379. The first-order valence-corrected chi connectivity index (χ1v) is 11.8. The van der Waals surface area contributed by atoms with E-state index in [1.54, 1.807) is 23.7 Å². The molecule has 4 rings (SSSR count). The Labute approximate surface area is 193 Å². The van der Waals surface area contributed by atoms with Gasteiger partial charge in [-0.15, -0.1) is 21.5 Å². The lowest BCUT2D eigenvalue weighted by Crippen LogP contribution is -2.30. The maximum atomic E-state index is 12.7. The normalized spacial score (nSPS) is 12.0. The lowest BCUT2D eigenvalue weighted by Gasteiger charge is -2.16. The summed E-state index contributed by atoms with van der Waals surface area (Å²) >= 11 is 9.37. The fraction of sp³-hybridized carbons (Fsp3) is 0.182. The van der Waals surface area contributed by atoms with Crippen LogP contribution in [-0.2, 0) is 11.3 Å². The van der Waals surface area contributed by atoms with E-state index < -0.39 is 0 Å². The lowest BCUT2D eigenvalue weighted by atomic mass is 10.2. The van der Waals surface area contributed by atoms with Crippen LogP contribution in [0.5, 0.6) is 0 Å². The second kappa shape index (κ2) is 9.64. The molecule has 1 atom stereocenters. The zero-order chi connectivity index (χ0) is 21.8. The van der Waals surface area contributed by atoms with Gasteiger partial charge < -0.3 is 5.32 Å². The van der Waals surface area contributed by atoms with Crippen LogP contribution >= 0.6 is 34.7 Å². The van der Waals surface area contributed by atoms with Crippen molar-refractivity contribution in [3.05, 3.63) is 75.7 Å². The number of benzene rings is 1. The lowest BCUT2D eigenvalue weighted by molar-refractivity contribution is -0.120. The van der Waals surface area contributed by atoms with Gasteiger partial charge in [-0.25, -0.2) is 0 Å². The molecular weight excluding hydrogens is 450 g/mol. The predicted molar refractivity (Wildman–Crippen MR) is 126 cm³/mol. The Hall–Kier alpha value is -2.68. The van der Waals surface area contributed by atoms with Crippen LogP contribution in [0.4, 0.5) is 0 Å². The Kier molecular flexibility index (Phi) is 6.70. The van der Waals surface area contributed by atoms with E-state index in [1.807, 2.05) is 66.3 Å². The maximum absolute atomic E-state index is 12.7. The minimum atomic E-state index is -0.354. The van der Waals surface area contributed by atoms with Crippen LogP contribution in [0, 0.1) is 6.92 Å². The van der Waals surface area contributed by atoms with Gasteiger partial charge in [-0.2, -0.15) is 0 Å². The van der Waals surface area contributed by atoms with E-state index >= 15 is 0 Å². The van der Waals surface area contributed by atoms with Crippen molar-refractivity contribution in [3.8, 4) is 17.1 Å². The zero-order valence-corrected chi connectivity index (χ0v) is 19.3. The largest absolute Gasteiger partial charge is 0.350 e. The van der Waals surface area contributed by atoms with Gasteiger partial charge >= 0.3 is 0 Å². The monoisotopic (exact) mass is 469 g/mol. The molecule has 1 aromatic carbocycles. The number of nitrogens with zero attached hydrogens (tertiary/aromatic N) is 4. The summed E-state index contributed by atoms with van der Waals surface area (Å²) in [6.07, 6.45) is 3.43. The molecule has 158 valence electrons. The molecule has 9 heteroatoms. The number of amides is 1. The van der Waals surface area contributed by atoms with E-state index in [-0.39, 0.29) is 11.2 Å². The predicted octanol–water partition coefficient (Wildman–Crippen LogP) is 5.15. The highest BCUT2D eigenvalue weighted by molar-refractivity contribution is 8.00. The first-order valence-electron chi connectivity index (χ1n) is 9.62. The summed E-state index contributed by atoms with van der Waals surface area (Å²) in [7, 11) is 0. The van der Waals surface area contributed by atoms with Gasteiger partial charge in [-0.3, -0.25) is 14.3 Å². The third-order valence-corrected chi connectivity index (χ3v) is 7.05. The minimum absolute atomic E-state index is 0.0544. The van der Waals surface area contributed by atoms with Crippen molar-refractivity contribution < 1.29 is 4.79 Å². The van der Waals surface area contributed by atoms with E-state index in [4.69, 9.17) is 11.6 Å². The molecule has 0 aliphatic carbocycles. The third-order valence-electron chi connectivity index (χ3n) is 4.72. The number of halogens is 1. The van der Waals surface area contributed by atoms with Crippen molar-refractivity contribution in [1.82, 2.24) is 25.1 Å². The average Bonchev–Trinajstić information content (AvgIpc) is 3.45. The number of thiophene rings is 1. The third kappa shape index (κ3) is 4.81. The topological polar surface area (TPSA) is 72.7 Å². The van der Waals surface area contributed by atoms with Crippen LogP contribution in [-0.4, -0.2) is 30.9 Å². The van der Waals surface area contributed by atoms with Gasteiger partial charge in [0.1, 0.15) is 0 Å². The second-order valence-corrected chi connectivity index (χ2v) is 9.57. The molecule has 0 spiro atoms. The van der Waals surface area contributed by atoms with Crippen molar-refractivity contribution >= 4 is 40.6 Å². The second-order valence-electron chi connectivity index (χ2n) is 6.82. The summed E-state index contributed by atoms with van der Waals surface area (Å²) in [5.41, 5.74) is 2.66. The van der Waals surface area contributed by atoms with Gasteiger partial charge in [0.05, 0.1) is 17.5 Å². The highest BCUT2D eigenvalue weighted by Gasteiger charge is 2.23. The van der Waals surface area contributed by atoms with Crippen molar-refractivity contribution in [1.29, 1.82) is 0 Å². The number of carbonyl (C=O) groups is 1. The fourth-order valence-electron chi connectivity index (χ4n) is 3.03. The van der Waals surface area contributed by atoms with E-state index in [2.05, 4.69) is 20.5 Å². The average molecular weight is 470 g/mol. The maximum Gasteiger partial charge on any atom is 0.233 e. The minimum Gasteiger partial charge on any atom is -0.350 e. The van der Waals surface area contributed by atoms with Gasteiger partial charge in [0.15, 0.2) is 11.0 Å². The SMILES string of the molecule is Cc1c(Cl)cccc1-n1c(SC(C)C(=O)NCc2cccs2)nnc1-c1ccncc1. The summed E-state index contributed by atoms with van der Waals surface area (Å²) in [6, 6.07) is 13.5. The molecule has 6 nitrogen and oxygen atoms in total. The van der Waals surface area contributed by atoms with Crippen molar-refractivity contribution in [2.75, 3.05) is 0 Å². The Morgan fingerprint density at radius 3 is 2.74 bits per heavy atom. The molecule has 3 aromatic heterocycles. The van der Waals surface area contributed by atoms with Crippen LogP contribution < -0.4 is 5.32 Å². The Morgan fingerprint density at radius 1 is 1.19 bits per heavy atom. The molecule has 31 heavy (non-hydrogen) atoms. The van der Waals surface area contributed by atoms with E-state index in [9.17, 15) is 4.79 Å². The molecular formula is C22H20ClN5OS2. The number of hydrogen-bond acceptors (Lipinski definition) is 6. The highest BCUT2D eigenvalue weighted by atomic mass is 35.5. The summed E-state index contributed by atoms with van der Waals surface area (Å²) in [6.45, 7) is 4.34. The molecule has 0 saturated heterocycles. The highest BCUT2D eigenvalue weighted by Crippen LogP contribution is 2.33. The van der Waals surface area contributed by atoms with E-state index in [0.717, 1.165) is 21.7 Å². The van der Waals surface area contributed by atoms with Crippen LogP contribution in [0.1, 0.15) is 17.4 Å². The number of hydrogen-bond donors (Lipinski definition) is 1. The smallest absolute Gasteiger partial charge is 0.233 e. The molecule has 0 saturated carbocycles. The molecule has 1 unspecified atom stereocenters. The Balaban J connectivity index is 1.65. The van der Waals surface area contributed by atoms with Crippen LogP contribution in [0.2, 0.25) is 5.02 Å². The molecule has 1 amide bonds. The molecule has 0 radical (unpaired) electrons.